The molecule has 0 amide bonds. The van der Waals surface area contributed by atoms with Gasteiger partial charge in [0, 0.05) is 25.6 Å². The van der Waals surface area contributed by atoms with Crippen molar-refractivity contribution in [2.45, 2.75) is 19.3 Å². The van der Waals surface area contributed by atoms with E-state index in [0.29, 0.717) is 12.3 Å². The van der Waals surface area contributed by atoms with Gasteiger partial charge >= 0.3 is 0 Å². The van der Waals surface area contributed by atoms with Crippen molar-refractivity contribution in [2.75, 3.05) is 32.2 Å². The highest BCUT2D eigenvalue weighted by Crippen LogP contribution is 2.35. The summed E-state index contributed by atoms with van der Waals surface area (Å²) in [5.41, 5.74) is 1.09. The first-order valence-electron chi connectivity index (χ1n) is 6.62. The van der Waals surface area contributed by atoms with Crippen molar-refractivity contribution in [3.8, 4) is 17.6 Å². The first-order valence-corrected chi connectivity index (χ1v) is 6.62. The third kappa shape index (κ3) is 3.11. The first kappa shape index (κ1) is 13.5. The van der Waals surface area contributed by atoms with Crippen LogP contribution in [0.3, 0.4) is 0 Å². The molecule has 102 valence electrons. The summed E-state index contributed by atoms with van der Waals surface area (Å²) in [7, 11) is 3.33. The van der Waals surface area contributed by atoms with Gasteiger partial charge in [0.15, 0.2) is 0 Å². The molecule has 19 heavy (non-hydrogen) atoms. The summed E-state index contributed by atoms with van der Waals surface area (Å²) in [6, 6.07) is 8.17. The van der Waals surface area contributed by atoms with Gasteiger partial charge in [-0.1, -0.05) is 0 Å². The molecule has 4 nitrogen and oxygen atoms in total. The topological polar surface area (TPSA) is 45.5 Å². The van der Waals surface area contributed by atoms with E-state index >= 15 is 0 Å². The van der Waals surface area contributed by atoms with Gasteiger partial charge in [0.1, 0.15) is 11.5 Å². The number of nitriles is 1. The number of hydrogen-bond acceptors (Lipinski definition) is 4. The number of methoxy groups -OCH3 is 2. The SMILES string of the molecule is COc1ccc(N2CCCC(CC#N)C2)c(OC)c1. The molecule has 1 atom stereocenters. The van der Waals surface area contributed by atoms with Crippen LogP contribution in [0.2, 0.25) is 0 Å². The molecule has 0 N–H and O–H groups in total. The molecule has 1 heterocycles. The first-order chi connectivity index (χ1) is 9.28. The molecule has 0 aliphatic carbocycles. The summed E-state index contributed by atoms with van der Waals surface area (Å²) in [5, 5.41) is 8.83. The minimum absolute atomic E-state index is 0.463. The van der Waals surface area contributed by atoms with Crippen LogP contribution >= 0.6 is 0 Å². The molecule has 0 aromatic heterocycles. The van der Waals surface area contributed by atoms with Crippen molar-refractivity contribution in [3.63, 3.8) is 0 Å². The van der Waals surface area contributed by atoms with Crippen LogP contribution in [0.25, 0.3) is 0 Å². The smallest absolute Gasteiger partial charge is 0.145 e. The molecule has 4 heteroatoms. The van der Waals surface area contributed by atoms with Gasteiger partial charge in [0.2, 0.25) is 0 Å². The van der Waals surface area contributed by atoms with E-state index in [1.807, 2.05) is 18.2 Å². The van der Waals surface area contributed by atoms with Crippen LogP contribution in [-0.4, -0.2) is 27.3 Å². The maximum Gasteiger partial charge on any atom is 0.145 e. The van der Waals surface area contributed by atoms with Crippen LogP contribution in [0.5, 0.6) is 11.5 Å². The highest BCUT2D eigenvalue weighted by atomic mass is 16.5. The summed E-state index contributed by atoms with van der Waals surface area (Å²) in [6.45, 7) is 1.95. The van der Waals surface area contributed by atoms with Crippen molar-refractivity contribution in [1.29, 1.82) is 5.26 Å². The number of nitrogens with zero attached hydrogens (tertiary/aromatic N) is 2. The minimum Gasteiger partial charge on any atom is -0.497 e. The molecule has 1 aromatic rings. The lowest BCUT2D eigenvalue weighted by Crippen LogP contribution is -2.35. The molecule has 2 rings (SSSR count). The van der Waals surface area contributed by atoms with Gasteiger partial charge in [-0.15, -0.1) is 0 Å². The van der Waals surface area contributed by atoms with Crippen LogP contribution in [0.15, 0.2) is 18.2 Å². The lowest BCUT2D eigenvalue weighted by Gasteiger charge is -2.34. The second kappa shape index (κ2) is 6.33. The molecule has 0 radical (unpaired) electrons. The summed E-state index contributed by atoms with van der Waals surface area (Å²) < 4.78 is 10.7. The van der Waals surface area contributed by atoms with Crippen molar-refractivity contribution >= 4 is 5.69 Å². The predicted octanol–water partition coefficient (Wildman–Crippen LogP) is 2.83. The lowest BCUT2D eigenvalue weighted by molar-refractivity contribution is 0.387. The molecule has 1 saturated heterocycles. The second-order valence-corrected chi connectivity index (χ2v) is 4.85. The number of ether oxygens (including phenoxy) is 2. The maximum atomic E-state index is 8.83. The zero-order chi connectivity index (χ0) is 13.7. The number of hydrogen-bond donors (Lipinski definition) is 0. The molecular formula is C15H20N2O2. The Kier molecular flexibility index (Phi) is 4.51. The second-order valence-electron chi connectivity index (χ2n) is 4.85. The van der Waals surface area contributed by atoms with Gasteiger partial charge in [0.25, 0.3) is 0 Å². The molecule has 1 aromatic carbocycles. The van der Waals surface area contributed by atoms with E-state index in [4.69, 9.17) is 14.7 Å². The molecule has 1 unspecified atom stereocenters. The van der Waals surface area contributed by atoms with Crippen LogP contribution in [0, 0.1) is 17.2 Å². The fraction of sp³-hybridized carbons (Fsp3) is 0.533. The Morgan fingerprint density at radius 1 is 1.37 bits per heavy atom. The fourth-order valence-corrected chi connectivity index (χ4v) is 2.63. The summed E-state index contributed by atoms with van der Waals surface area (Å²) >= 11 is 0. The molecule has 0 spiro atoms. The highest BCUT2D eigenvalue weighted by Gasteiger charge is 2.22. The van der Waals surface area contributed by atoms with Crippen LogP contribution < -0.4 is 14.4 Å². The van der Waals surface area contributed by atoms with E-state index in [2.05, 4.69) is 11.0 Å². The van der Waals surface area contributed by atoms with E-state index in [-0.39, 0.29) is 0 Å². The third-order valence-corrected chi connectivity index (χ3v) is 3.63. The molecule has 1 fully saturated rings. The van der Waals surface area contributed by atoms with Gasteiger partial charge in [-0.05, 0) is 30.9 Å². The average Bonchev–Trinajstić information content (AvgIpc) is 2.47. The van der Waals surface area contributed by atoms with Gasteiger partial charge in [0.05, 0.1) is 26.0 Å². The Balaban J connectivity index is 2.18. The summed E-state index contributed by atoms with van der Waals surface area (Å²) in [5.74, 6) is 2.09. The standard InChI is InChI=1S/C15H20N2O2/c1-18-13-5-6-14(15(10-13)19-2)17-9-3-4-12(11-17)7-8-16/h5-6,10,12H,3-4,7,9,11H2,1-2H3. The van der Waals surface area contributed by atoms with Crippen LogP contribution in [0.1, 0.15) is 19.3 Å². The number of anilines is 1. The van der Waals surface area contributed by atoms with Crippen molar-refractivity contribution < 1.29 is 9.47 Å². The Morgan fingerprint density at radius 3 is 2.89 bits per heavy atom. The van der Waals surface area contributed by atoms with E-state index in [1.54, 1.807) is 14.2 Å². The Hall–Kier alpha value is -1.89. The zero-order valence-electron chi connectivity index (χ0n) is 11.6. The van der Waals surface area contributed by atoms with Gasteiger partial charge in [-0.25, -0.2) is 0 Å². The Labute approximate surface area is 114 Å². The van der Waals surface area contributed by atoms with Crippen molar-refractivity contribution in [2.24, 2.45) is 5.92 Å². The predicted molar refractivity (Wildman–Crippen MR) is 74.7 cm³/mol. The van der Waals surface area contributed by atoms with Gasteiger partial charge in [-0.3, -0.25) is 0 Å². The monoisotopic (exact) mass is 260 g/mol. The molecule has 0 saturated carbocycles. The van der Waals surface area contributed by atoms with Crippen molar-refractivity contribution in [1.82, 2.24) is 0 Å². The van der Waals surface area contributed by atoms with Crippen LogP contribution in [-0.2, 0) is 0 Å². The zero-order valence-corrected chi connectivity index (χ0v) is 11.6. The normalized spacial score (nSPS) is 18.8. The molecular weight excluding hydrogens is 240 g/mol. The summed E-state index contributed by atoms with van der Waals surface area (Å²) in [4.78, 5) is 2.31. The van der Waals surface area contributed by atoms with E-state index < -0.39 is 0 Å². The van der Waals surface area contributed by atoms with E-state index in [1.165, 1.54) is 0 Å². The Bertz CT molecular complexity index is 468. The molecule has 0 bridgehead atoms. The maximum absolute atomic E-state index is 8.83. The Morgan fingerprint density at radius 2 is 2.21 bits per heavy atom. The molecule has 1 aliphatic rings. The largest absolute Gasteiger partial charge is 0.497 e. The van der Waals surface area contributed by atoms with E-state index in [0.717, 1.165) is 43.1 Å². The quantitative estimate of drug-likeness (QED) is 0.835. The number of benzene rings is 1. The lowest BCUT2D eigenvalue weighted by atomic mass is 9.95. The average molecular weight is 260 g/mol. The summed E-state index contributed by atoms with van der Waals surface area (Å²) in [6.07, 6.45) is 2.90. The van der Waals surface area contributed by atoms with Crippen LogP contribution in [0.4, 0.5) is 5.69 Å². The van der Waals surface area contributed by atoms with E-state index in [9.17, 15) is 0 Å². The number of rotatable bonds is 4. The number of piperidine rings is 1. The molecule has 1 aliphatic heterocycles. The van der Waals surface area contributed by atoms with Gasteiger partial charge < -0.3 is 14.4 Å². The fourth-order valence-electron chi connectivity index (χ4n) is 2.63. The van der Waals surface area contributed by atoms with Crippen molar-refractivity contribution in [3.05, 3.63) is 18.2 Å². The van der Waals surface area contributed by atoms with Gasteiger partial charge in [-0.2, -0.15) is 5.26 Å². The highest BCUT2D eigenvalue weighted by molar-refractivity contribution is 5.61. The third-order valence-electron chi connectivity index (χ3n) is 3.63. The minimum atomic E-state index is 0.463.